The highest BCUT2D eigenvalue weighted by Crippen LogP contribution is 2.41. The summed E-state index contributed by atoms with van der Waals surface area (Å²) < 4.78 is 0. The molecular weight excluding hydrogens is 280 g/mol. The third-order valence-corrected chi connectivity index (χ3v) is 5.24. The van der Waals surface area contributed by atoms with E-state index in [4.69, 9.17) is 0 Å². The van der Waals surface area contributed by atoms with Gasteiger partial charge in [-0.05, 0) is 48.3 Å². The number of hydrogen-bond acceptors (Lipinski definition) is 2. The first-order valence-corrected chi connectivity index (χ1v) is 8.16. The van der Waals surface area contributed by atoms with Crippen LogP contribution in [0, 0.1) is 5.41 Å². The van der Waals surface area contributed by atoms with E-state index in [1.807, 2.05) is 30.3 Å². The van der Waals surface area contributed by atoms with Crippen LogP contribution >= 0.6 is 11.8 Å². The van der Waals surface area contributed by atoms with Crippen molar-refractivity contribution in [1.29, 1.82) is 0 Å². The highest BCUT2D eigenvalue weighted by atomic mass is 32.2. The molecule has 0 fully saturated rings. The number of carboxylic acid groups (broad SMARTS) is 1. The SMILES string of the molecule is O=C(O)C1(CCSc2ccccc2)Cc2ccccc2C1. The Hall–Kier alpha value is -1.74. The molecule has 1 aliphatic carbocycles. The van der Waals surface area contributed by atoms with Gasteiger partial charge < -0.3 is 5.11 Å². The van der Waals surface area contributed by atoms with E-state index in [-0.39, 0.29) is 0 Å². The van der Waals surface area contributed by atoms with E-state index in [0.29, 0.717) is 19.3 Å². The Morgan fingerprint density at radius 3 is 2.14 bits per heavy atom. The van der Waals surface area contributed by atoms with E-state index < -0.39 is 11.4 Å². The molecule has 3 rings (SSSR count). The van der Waals surface area contributed by atoms with Crippen LogP contribution < -0.4 is 0 Å². The quantitative estimate of drug-likeness (QED) is 0.847. The molecule has 2 nitrogen and oxygen atoms in total. The maximum absolute atomic E-state index is 11.8. The molecule has 108 valence electrons. The van der Waals surface area contributed by atoms with Crippen LogP contribution in [-0.4, -0.2) is 16.8 Å². The first-order chi connectivity index (χ1) is 10.2. The number of thioether (sulfide) groups is 1. The number of fused-ring (bicyclic) bond motifs is 1. The van der Waals surface area contributed by atoms with Gasteiger partial charge in [0.15, 0.2) is 0 Å². The fourth-order valence-electron chi connectivity index (χ4n) is 3.01. The molecule has 0 radical (unpaired) electrons. The van der Waals surface area contributed by atoms with E-state index in [1.54, 1.807) is 11.8 Å². The van der Waals surface area contributed by atoms with Crippen molar-refractivity contribution in [3.8, 4) is 0 Å². The van der Waals surface area contributed by atoms with E-state index in [0.717, 1.165) is 5.75 Å². The molecule has 0 unspecified atom stereocenters. The Labute approximate surface area is 129 Å². The standard InChI is InChI=1S/C18H18O2S/c19-17(20)18(10-11-21-16-8-2-1-3-9-16)12-14-6-4-5-7-15(14)13-18/h1-9H,10-13H2,(H,19,20). The lowest BCUT2D eigenvalue weighted by Crippen LogP contribution is -2.32. The van der Waals surface area contributed by atoms with Crippen molar-refractivity contribution in [2.24, 2.45) is 5.41 Å². The van der Waals surface area contributed by atoms with Crippen molar-refractivity contribution in [3.63, 3.8) is 0 Å². The van der Waals surface area contributed by atoms with Gasteiger partial charge in [-0.1, -0.05) is 42.5 Å². The van der Waals surface area contributed by atoms with Crippen LogP contribution in [-0.2, 0) is 17.6 Å². The molecule has 2 aromatic rings. The minimum Gasteiger partial charge on any atom is -0.481 e. The third-order valence-electron chi connectivity index (χ3n) is 4.22. The Kier molecular flexibility index (Phi) is 4.02. The second-order valence-corrected chi connectivity index (χ2v) is 6.79. The van der Waals surface area contributed by atoms with Gasteiger partial charge >= 0.3 is 5.97 Å². The zero-order chi connectivity index (χ0) is 14.7. The lowest BCUT2D eigenvalue weighted by molar-refractivity contribution is -0.148. The lowest BCUT2D eigenvalue weighted by atomic mass is 9.82. The maximum atomic E-state index is 11.8. The van der Waals surface area contributed by atoms with Crippen LogP contribution in [0.4, 0.5) is 0 Å². The third kappa shape index (κ3) is 2.98. The molecule has 0 saturated heterocycles. The Bertz CT molecular complexity index is 612. The number of aliphatic carboxylic acids is 1. The fraction of sp³-hybridized carbons (Fsp3) is 0.278. The molecule has 0 atom stereocenters. The Morgan fingerprint density at radius 1 is 1.00 bits per heavy atom. The van der Waals surface area contributed by atoms with Crippen LogP contribution in [0.15, 0.2) is 59.5 Å². The first-order valence-electron chi connectivity index (χ1n) is 7.18. The van der Waals surface area contributed by atoms with Gasteiger partial charge in [0.05, 0.1) is 5.41 Å². The highest BCUT2D eigenvalue weighted by Gasteiger charge is 2.43. The fourth-order valence-corrected chi connectivity index (χ4v) is 4.09. The summed E-state index contributed by atoms with van der Waals surface area (Å²) in [7, 11) is 0. The summed E-state index contributed by atoms with van der Waals surface area (Å²) in [5.74, 6) is 0.178. The number of carbonyl (C=O) groups is 1. The molecule has 0 bridgehead atoms. The van der Waals surface area contributed by atoms with Crippen LogP contribution in [0.5, 0.6) is 0 Å². The molecular formula is C18H18O2S. The number of hydrogen-bond donors (Lipinski definition) is 1. The van der Waals surface area contributed by atoms with Gasteiger partial charge in [-0.3, -0.25) is 4.79 Å². The van der Waals surface area contributed by atoms with Crippen LogP contribution in [0.2, 0.25) is 0 Å². The van der Waals surface area contributed by atoms with Gasteiger partial charge in [0.2, 0.25) is 0 Å². The summed E-state index contributed by atoms with van der Waals surface area (Å²) >= 11 is 1.74. The molecule has 0 heterocycles. The normalized spacial score (nSPS) is 15.6. The summed E-state index contributed by atoms with van der Waals surface area (Å²) in [5, 5.41) is 9.72. The number of benzene rings is 2. The molecule has 3 heteroatoms. The van der Waals surface area contributed by atoms with Gasteiger partial charge in [-0.15, -0.1) is 11.8 Å². The van der Waals surface area contributed by atoms with Gasteiger partial charge in [-0.25, -0.2) is 0 Å². The van der Waals surface area contributed by atoms with Crippen molar-refractivity contribution in [3.05, 3.63) is 65.7 Å². The summed E-state index contributed by atoms with van der Waals surface area (Å²) in [4.78, 5) is 13.0. The molecule has 2 aromatic carbocycles. The van der Waals surface area contributed by atoms with Crippen molar-refractivity contribution >= 4 is 17.7 Å². The van der Waals surface area contributed by atoms with Crippen LogP contribution in [0.1, 0.15) is 17.5 Å². The first kappa shape index (κ1) is 14.2. The van der Waals surface area contributed by atoms with Crippen molar-refractivity contribution < 1.29 is 9.90 Å². The van der Waals surface area contributed by atoms with Crippen molar-refractivity contribution in [1.82, 2.24) is 0 Å². The summed E-state index contributed by atoms with van der Waals surface area (Å²) in [6.07, 6.45) is 2.03. The predicted octanol–water partition coefficient (Wildman–Crippen LogP) is 4.04. The number of rotatable bonds is 5. The Balaban J connectivity index is 1.68. The largest absolute Gasteiger partial charge is 0.481 e. The van der Waals surface area contributed by atoms with Gasteiger partial charge in [0.25, 0.3) is 0 Å². The highest BCUT2D eigenvalue weighted by molar-refractivity contribution is 7.99. The van der Waals surface area contributed by atoms with Gasteiger partial charge in [-0.2, -0.15) is 0 Å². The summed E-state index contributed by atoms with van der Waals surface area (Å²) in [5.41, 5.74) is 1.78. The zero-order valence-corrected chi connectivity index (χ0v) is 12.6. The summed E-state index contributed by atoms with van der Waals surface area (Å²) in [6.45, 7) is 0. The lowest BCUT2D eigenvalue weighted by Gasteiger charge is -2.23. The average Bonchev–Trinajstić information content (AvgIpc) is 2.88. The van der Waals surface area contributed by atoms with E-state index in [9.17, 15) is 9.90 Å². The molecule has 0 saturated carbocycles. The topological polar surface area (TPSA) is 37.3 Å². The number of carboxylic acids is 1. The minimum absolute atomic E-state index is 0.620. The molecule has 0 amide bonds. The second kappa shape index (κ2) is 5.94. The maximum Gasteiger partial charge on any atom is 0.310 e. The second-order valence-electron chi connectivity index (χ2n) is 5.62. The van der Waals surface area contributed by atoms with E-state index in [1.165, 1.54) is 16.0 Å². The monoisotopic (exact) mass is 298 g/mol. The van der Waals surface area contributed by atoms with Gasteiger partial charge in [0.1, 0.15) is 0 Å². The van der Waals surface area contributed by atoms with Crippen molar-refractivity contribution in [2.75, 3.05) is 5.75 Å². The predicted molar refractivity (Wildman–Crippen MR) is 85.7 cm³/mol. The van der Waals surface area contributed by atoms with E-state index in [2.05, 4.69) is 24.3 Å². The van der Waals surface area contributed by atoms with Gasteiger partial charge in [0, 0.05) is 4.90 Å². The minimum atomic E-state index is -0.660. The van der Waals surface area contributed by atoms with E-state index >= 15 is 0 Å². The molecule has 0 spiro atoms. The zero-order valence-electron chi connectivity index (χ0n) is 11.8. The van der Waals surface area contributed by atoms with Crippen LogP contribution in [0.25, 0.3) is 0 Å². The molecule has 0 aromatic heterocycles. The average molecular weight is 298 g/mol. The van der Waals surface area contributed by atoms with Crippen molar-refractivity contribution in [2.45, 2.75) is 24.2 Å². The summed E-state index contributed by atoms with van der Waals surface area (Å²) in [6, 6.07) is 18.3. The molecule has 0 aliphatic heterocycles. The molecule has 21 heavy (non-hydrogen) atoms. The molecule has 1 N–H and O–H groups in total. The Morgan fingerprint density at radius 2 is 1.57 bits per heavy atom. The smallest absolute Gasteiger partial charge is 0.310 e. The molecule has 1 aliphatic rings. The van der Waals surface area contributed by atoms with Crippen LogP contribution in [0.3, 0.4) is 0 Å².